The van der Waals surface area contributed by atoms with Crippen LogP contribution >= 0.6 is 11.6 Å². The first-order valence-corrected chi connectivity index (χ1v) is 6.17. The molecule has 1 unspecified atom stereocenters. The van der Waals surface area contributed by atoms with Gasteiger partial charge in [0.1, 0.15) is 0 Å². The summed E-state index contributed by atoms with van der Waals surface area (Å²) < 4.78 is 30.2. The highest BCUT2D eigenvalue weighted by Crippen LogP contribution is 2.33. The van der Waals surface area contributed by atoms with Crippen LogP contribution in [0.4, 0.5) is 8.78 Å². The zero-order valence-corrected chi connectivity index (χ0v) is 11.4. The van der Waals surface area contributed by atoms with Crippen LogP contribution in [0, 0.1) is 0 Å². The van der Waals surface area contributed by atoms with Crippen molar-refractivity contribution in [2.45, 2.75) is 25.2 Å². The lowest BCUT2D eigenvalue weighted by molar-refractivity contribution is -0.164. The van der Waals surface area contributed by atoms with E-state index in [0.29, 0.717) is 5.02 Å². The Kier molecular flexibility index (Phi) is 5.44. The van der Waals surface area contributed by atoms with Crippen molar-refractivity contribution in [3.63, 3.8) is 0 Å². The van der Waals surface area contributed by atoms with Gasteiger partial charge in [0.2, 0.25) is 6.43 Å². The zero-order chi connectivity index (χ0) is 15.3. The van der Waals surface area contributed by atoms with Crippen molar-refractivity contribution in [1.82, 2.24) is 0 Å². The summed E-state index contributed by atoms with van der Waals surface area (Å²) in [5.74, 6) is -2.89. The van der Waals surface area contributed by atoms with E-state index in [-0.39, 0.29) is 12.2 Å². The molecule has 1 rings (SSSR count). The molecule has 0 saturated carbocycles. The molecule has 0 aromatic heterocycles. The normalized spacial score (nSPS) is 13.8. The van der Waals surface area contributed by atoms with Gasteiger partial charge in [-0.15, -0.1) is 0 Å². The maximum atomic E-state index is 12.8. The van der Waals surface area contributed by atoms with Gasteiger partial charge in [0.15, 0.2) is 5.41 Å². The standard InChI is InChI=1S/C13H13ClF2O4/c1-2-20-12(19)13(11(17)18,7-10(15)16)8-3-5-9(14)6-4-8/h3-6,10H,2,7H2,1H3,(H,17,18). The molecule has 0 heterocycles. The lowest BCUT2D eigenvalue weighted by Crippen LogP contribution is -2.46. The highest BCUT2D eigenvalue weighted by Gasteiger charge is 2.51. The van der Waals surface area contributed by atoms with Crippen molar-refractivity contribution in [3.05, 3.63) is 34.9 Å². The second kappa shape index (κ2) is 6.65. The Balaban J connectivity index is 3.39. The average Bonchev–Trinajstić information content (AvgIpc) is 2.36. The van der Waals surface area contributed by atoms with Gasteiger partial charge in [0, 0.05) is 11.4 Å². The third-order valence-electron chi connectivity index (χ3n) is 2.79. The third kappa shape index (κ3) is 3.25. The van der Waals surface area contributed by atoms with Crippen molar-refractivity contribution in [2.75, 3.05) is 6.61 Å². The SMILES string of the molecule is CCOC(=O)C(CC(F)F)(C(=O)O)c1ccc(Cl)cc1. The largest absolute Gasteiger partial charge is 0.480 e. The van der Waals surface area contributed by atoms with E-state index >= 15 is 0 Å². The van der Waals surface area contributed by atoms with Gasteiger partial charge in [0.25, 0.3) is 0 Å². The summed E-state index contributed by atoms with van der Waals surface area (Å²) in [5.41, 5.74) is -2.53. The van der Waals surface area contributed by atoms with Gasteiger partial charge in [0.05, 0.1) is 6.61 Å². The molecule has 1 N–H and O–H groups in total. The molecular formula is C13H13ClF2O4. The maximum absolute atomic E-state index is 12.8. The minimum atomic E-state index is -2.98. The van der Waals surface area contributed by atoms with Gasteiger partial charge in [-0.3, -0.25) is 9.59 Å². The van der Waals surface area contributed by atoms with Gasteiger partial charge in [-0.1, -0.05) is 23.7 Å². The van der Waals surface area contributed by atoms with Crippen molar-refractivity contribution in [2.24, 2.45) is 0 Å². The van der Waals surface area contributed by atoms with E-state index in [2.05, 4.69) is 4.74 Å². The van der Waals surface area contributed by atoms with Crippen LogP contribution in [-0.4, -0.2) is 30.1 Å². The summed E-state index contributed by atoms with van der Waals surface area (Å²) in [6, 6.07) is 5.13. The molecular weight excluding hydrogens is 294 g/mol. The summed E-state index contributed by atoms with van der Waals surface area (Å²) in [4.78, 5) is 23.4. The lowest BCUT2D eigenvalue weighted by Gasteiger charge is -2.27. The Hall–Kier alpha value is -1.69. The van der Waals surface area contributed by atoms with Crippen molar-refractivity contribution in [1.29, 1.82) is 0 Å². The van der Waals surface area contributed by atoms with Crippen LogP contribution in [0.25, 0.3) is 0 Å². The van der Waals surface area contributed by atoms with E-state index in [1.807, 2.05) is 0 Å². The van der Waals surface area contributed by atoms with E-state index in [4.69, 9.17) is 11.6 Å². The molecule has 110 valence electrons. The number of hydrogen-bond donors (Lipinski definition) is 1. The molecule has 0 aliphatic rings. The minimum Gasteiger partial charge on any atom is -0.480 e. The van der Waals surface area contributed by atoms with Gasteiger partial charge in [-0.05, 0) is 24.6 Å². The lowest BCUT2D eigenvalue weighted by atomic mass is 9.77. The number of halogens is 3. The topological polar surface area (TPSA) is 63.6 Å². The molecule has 0 radical (unpaired) electrons. The van der Waals surface area contributed by atoms with E-state index in [1.54, 1.807) is 0 Å². The first-order chi connectivity index (χ1) is 9.34. The summed E-state index contributed by atoms with van der Waals surface area (Å²) in [6.07, 6.45) is -4.14. The number of rotatable bonds is 6. The van der Waals surface area contributed by atoms with Gasteiger partial charge < -0.3 is 9.84 Å². The fraction of sp³-hybridized carbons (Fsp3) is 0.385. The molecule has 0 aliphatic heterocycles. The van der Waals surface area contributed by atoms with Crippen molar-refractivity contribution < 1.29 is 28.2 Å². The van der Waals surface area contributed by atoms with Crippen LogP contribution in [0.5, 0.6) is 0 Å². The number of carboxylic acid groups (broad SMARTS) is 1. The Morgan fingerprint density at radius 2 is 1.90 bits per heavy atom. The molecule has 0 spiro atoms. The summed E-state index contributed by atoms with van der Waals surface area (Å²) in [6.45, 7) is 1.36. The number of carbonyl (C=O) groups excluding carboxylic acids is 1. The van der Waals surface area contributed by atoms with Gasteiger partial charge >= 0.3 is 11.9 Å². The van der Waals surface area contributed by atoms with Gasteiger partial charge in [-0.25, -0.2) is 8.78 Å². The third-order valence-corrected chi connectivity index (χ3v) is 3.04. The zero-order valence-electron chi connectivity index (χ0n) is 10.6. The second-order valence-electron chi connectivity index (χ2n) is 4.03. The fourth-order valence-corrected chi connectivity index (χ4v) is 1.96. The minimum absolute atomic E-state index is 0.0897. The van der Waals surface area contributed by atoms with E-state index < -0.39 is 30.2 Å². The number of hydrogen-bond acceptors (Lipinski definition) is 3. The van der Waals surface area contributed by atoms with Crippen molar-refractivity contribution >= 4 is 23.5 Å². The predicted molar refractivity (Wildman–Crippen MR) is 68.0 cm³/mol. The van der Waals surface area contributed by atoms with Crippen LogP contribution in [0.1, 0.15) is 18.9 Å². The molecule has 0 saturated heterocycles. The number of benzene rings is 1. The monoisotopic (exact) mass is 306 g/mol. The molecule has 20 heavy (non-hydrogen) atoms. The molecule has 1 aromatic carbocycles. The summed E-state index contributed by atoms with van der Waals surface area (Å²) in [7, 11) is 0. The molecule has 1 atom stereocenters. The molecule has 1 aromatic rings. The number of ether oxygens (including phenoxy) is 1. The molecule has 0 amide bonds. The van der Waals surface area contributed by atoms with E-state index in [0.717, 1.165) is 0 Å². The highest BCUT2D eigenvalue weighted by molar-refractivity contribution is 6.30. The smallest absolute Gasteiger partial charge is 0.328 e. The fourth-order valence-electron chi connectivity index (χ4n) is 1.84. The van der Waals surface area contributed by atoms with Crippen LogP contribution < -0.4 is 0 Å². The van der Waals surface area contributed by atoms with E-state index in [9.17, 15) is 23.5 Å². The van der Waals surface area contributed by atoms with Gasteiger partial charge in [-0.2, -0.15) is 0 Å². The average molecular weight is 307 g/mol. The van der Waals surface area contributed by atoms with Crippen LogP contribution in [0.3, 0.4) is 0 Å². The Morgan fingerprint density at radius 3 is 2.30 bits per heavy atom. The first-order valence-electron chi connectivity index (χ1n) is 5.79. The maximum Gasteiger partial charge on any atom is 0.328 e. The van der Waals surface area contributed by atoms with Crippen LogP contribution in [-0.2, 0) is 19.7 Å². The molecule has 0 aliphatic carbocycles. The predicted octanol–water partition coefficient (Wildman–Crippen LogP) is 2.88. The van der Waals surface area contributed by atoms with E-state index in [1.165, 1.54) is 31.2 Å². The van der Waals surface area contributed by atoms with Crippen LogP contribution in [0.2, 0.25) is 5.02 Å². The Bertz CT molecular complexity index is 490. The first kappa shape index (κ1) is 16.4. The Morgan fingerprint density at radius 1 is 1.35 bits per heavy atom. The molecule has 0 bridgehead atoms. The van der Waals surface area contributed by atoms with Crippen molar-refractivity contribution in [3.8, 4) is 0 Å². The quantitative estimate of drug-likeness (QED) is 0.648. The molecule has 4 nitrogen and oxygen atoms in total. The highest BCUT2D eigenvalue weighted by atomic mass is 35.5. The number of alkyl halides is 2. The second-order valence-corrected chi connectivity index (χ2v) is 4.47. The van der Waals surface area contributed by atoms with Crippen LogP contribution in [0.15, 0.2) is 24.3 Å². The molecule has 7 heteroatoms. The summed E-state index contributed by atoms with van der Waals surface area (Å²) >= 11 is 5.68. The number of carbonyl (C=O) groups is 2. The summed E-state index contributed by atoms with van der Waals surface area (Å²) in [5, 5.41) is 9.63. The number of esters is 1. The Labute approximate surface area is 119 Å². The molecule has 0 fully saturated rings. The number of carboxylic acids is 1. The number of aliphatic carboxylic acids is 1.